The van der Waals surface area contributed by atoms with E-state index in [-0.39, 0.29) is 23.6 Å². The molecule has 0 amide bonds. The van der Waals surface area contributed by atoms with Gasteiger partial charge in [-0.1, -0.05) is 0 Å². The number of aryl methyl sites for hydroxylation is 2. The van der Waals surface area contributed by atoms with Gasteiger partial charge in [0.1, 0.15) is 17.2 Å². The molecule has 0 saturated heterocycles. The molecule has 0 unspecified atom stereocenters. The summed E-state index contributed by atoms with van der Waals surface area (Å²) in [5.74, 6) is 0.310. The Morgan fingerprint density at radius 1 is 1.03 bits per heavy atom. The highest BCUT2D eigenvalue weighted by molar-refractivity contribution is 7.99. The summed E-state index contributed by atoms with van der Waals surface area (Å²) in [6.45, 7) is 0.280. The molecule has 4 aromatic heterocycles. The van der Waals surface area contributed by atoms with E-state index in [0.29, 0.717) is 34.7 Å². The molecule has 168 valence electrons. The third kappa shape index (κ3) is 3.61. The molecule has 5 rings (SSSR count). The van der Waals surface area contributed by atoms with Crippen molar-refractivity contribution in [2.75, 3.05) is 5.75 Å². The Labute approximate surface area is 190 Å². The minimum Gasteiger partial charge on any atom is -0.328 e. The van der Waals surface area contributed by atoms with E-state index < -0.39 is 0 Å². The lowest BCUT2D eigenvalue weighted by Gasteiger charge is -2.08. The molecule has 0 bridgehead atoms. The van der Waals surface area contributed by atoms with E-state index in [1.54, 1.807) is 41.7 Å². The van der Waals surface area contributed by atoms with E-state index >= 15 is 0 Å². The van der Waals surface area contributed by atoms with E-state index in [0.717, 1.165) is 10.4 Å². The van der Waals surface area contributed by atoms with E-state index in [9.17, 15) is 14.0 Å². The van der Waals surface area contributed by atoms with E-state index in [4.69, 9.17) is 0 Å². The molecule has 4 heterocycles. The Kier molecular flexibility index (Phi) is 5.29. The van der Waals surface area contributed by atoms with Gasteiger partial charge in [0.2, 0.25) is 0 Å². The Bertz CT molecular complexity index is 1600. The maximum absolute atomic E-state index is 13.2. The summed E-state index contributed by atoms with van der Waals surface area (Å²) in [7, 11) is 3.34. The molecule has 0 spiro atoms. The summed E-state index contributed by atoms with van der Waals surface area (Å²) < 4.78 is 19.1. The number of fused-ring (bicyclic) bond motifs is 2. The first kappa shape index (κ1) is 21.1. The third-order valence-electron chi connectivity index (χ3n) is 5.37. The summed E-state index contributed by atoms with van der Waals surface area (Å²) in [4.78, 5) is 38.3. The lowest BCUT2D eigenvalue weighted by atomic mass is 10.3. The smallest absolute Gasteiger partial charge is 0.328 e. The van der Waals surface area contributed by atoms with Crippen molar-refractivity contribution < 1.29 is 4.39 Å². The summed E-state index contributed by atoms with van der Waals surface area (Å²) >= 11 is 1.50. The minimum absolute atomic E-state index is 0.280. The number of halogens is 1. The van der Waals surface area contributed by atoms with Crippen molar-refractivity contribution in [3.05, 3.63) is 69.8 Å². The molecule has 5 aromatic rings. The fraction of sp³-hybridized carbons (Fsp3) is 0.238. The Morgan fingerprint density at radius 2 is 1.82 bits per heavy atom. The highest BCUT2D eigenvalue weighted by Gasteiger charge is 2.15. The standard InChI is InChI=1S/C21H19FN8O2S/c1-27-12-25-18-16(27)20(31)29(21(32)28(18)2)8-3-9-33-19-15-10-26-30(17(15)23-11-24-19)14-6-4-13(22)5-7-14/h4-7,10-12H,3,8-9H2,1-2H3. The van der Waals surface area contributed by atoms with Gasteiger partial charge >= 0.3 is 5.69 Å². The van der Waals surface area contributed by atoms with Crippen LogP contribution in [0.15, 0.2) is 57.7 Å². The van der Waals surface area contributed by atoms with Gasteiger partial charge in [0.15, 0.2) is 16.8 Å². The van der Waals surface area contributed by atoms with Crippen LogP contribution in [0.25, 0.3) is 27.9 Å². The molecule has 0 saturated carbocycles. The predicted molar refractivity (Wildman–Crippen MR) is 122 cm³/mol. The zero-order chi connectivity index (χ0) is 23.1. The third-order valence-corrected chi connectivity index (χ3v) is 6.46. The number of hydrogen-bond acceptors (Lipinski definition) is 7. The lowest BCUT2D eigenvalue weighted by molar-refractivity contribution is 0.594. The molecular weight excluding hydrogens is 447 g/mol. The van der Waals surface area contributed by atoms with Crippen LogP contribution < -0.4 is 11.2 Å². The number of hydrogen-bond donors (Lipinski definition) is 0. The Balaban J connectivity index is 1.35. The molecule has 0 radical (unpaired) electrons. The first-order valence-corrected chi connectivity index (χ1v) is 11.1. The number of nitrogens with zero attached hydrogens (tertiary/aromatic N) is 8. The van der Waals surface area contributed by atoms with Crippen LogP contribution in [0.2, 0.25) is 0 Å². The van der Waals surface area contributed by atoms with Crippen molar-refractivity contribution in [2.24, 2.45) is 14.1 Å². The van der Waals surface area contributed by atoms with Gasteiger partial charge in [0.25, 0.3) is 5.56 Å². The van der Waals surface area contributed by atoms with Crippen molar-refractivity contribution in [2.45, 2.75) is 18.0 Å². The van der Waals surface area contributed by atoms with Crippen LogP contribution in [-0.4, -0.2) is 44.2 Å². The SMILES string of the molecule is Cn1cnc2c1c(=O)n(CCCSc1ncnc3c1cnn3-c1ccc(F)cc1)c(=O)n2C. The van der Waals surface area contributed by atoms with Crippen LogP contribution in [0.5, 0.6) is 0 Å². The maximum atomic E-state index is 13.2. The molecular formula is C21H19FN8O2S. The average molecular weight is 467 g/mol. The van der Waals surface area contributed by atoms with Crippen LogP contribution in [-0.2, 0) is 20.6 Å². The Morgan fingerprint density at radius 3 is 2.61 bits per heavy atom. The van der Waals surface area contributed by atoms with Gasteiger partial charge in [0.05, 0.1) is 23.6 Å². The fourth-order valence-electron chi connectivity index (χ4n) is 3.69. The van der Waals surface area contributed by atoms with E-state index in [2.05, 4.69) is 20.1 Å². The van der Waals surface area contributed by atoms with Crippen molar-refractivity contribution in [3.8, 4) is 5.69 Å². The van der Waals surface area contributed by atoms with Crippen LogP contribution >= 0.6 is 11.8 Å². The van der Waals surface area contributed by atoms with Gasteiger partial charge in [-0.05, 0) is 30.7 Å². The Hall–Kier alpha value is -3.80. The van der Waals surface area contributed by atoms with E-state index in [1.807, 2.05) is 0 Å². The number of benzene rings is 1. The largest absolute Gasteiger partial charge is 0.332 e. The van der Waals surface area contributed by atoms with Crippen molar-refractivity contribution >= 4 is 34.0 Å². The summed E-state index contributed by atoms with van der Waals surface area (Å²) in [5.41, 5.74) is 1.35. The van der Waals surface area contributed by atoms with Gasteiger partial charge < -0.3 is 4.57 Å². The van der Waals surface area contributed by atoms with Crippen LogP contribution in [0.4, 0.5) is 4.39 Å². The van der Waals surface area contributed by atoms with Crippen LogP contribution in [0, 0.1) is 5.82 Å². The monoisotopic (exact) mass is 466 g/mol. The second kappa shape index (κ2) is 8.28. The highest BCUT2D eigenvalue weighted by atomic mass is 32.2. The first-order valence-electron chi connectivity index (χ1n) is 10.1. The molecule has 0 aliphatic carbocycles. The van der Waals surface area contributed by atoms with Crippen molar-refractivity contribution in [1.29, 1.82) is 0 Å². The molecule has 10 nitrogen and oxygen atoms in total. The molecule has 0 atom stereocenters. The maximum Gasteiger partial charge on any atom is 0.332 e. The van der Waals surface area contributed by atoms with Crippen LogP contribution in [0.3, 0.4) is 0 Å². The topological polar surface area (TPSA) is 105 Å². The van der Waals surface area contributed by atoms with Gasteiger partial charge in [-0.3, -0.25) is 13.9 Å². The molecule has 1 aromatic carbocycles. The van der Waals surface area contributed by atoms with Gasteiger partial charge in [0, 0.05) is 26.4 Å². The zero-order valence-corrected chi connectivity index (χ0v) is 18.7. The minimum atomic E-state index is -0.388. The molecule has 0 fully saturated rings. The van der Waals surface area contributed by atoms with Crippen LogP contribution in [0.1, 0.15) is 6.42 Å². The van der Waals surface area contributed by atoms with Gasteiger partial charge in [-0.2, -0.15) is 5.10 Å². The van der Waals surface area contributed by atoms with E-state index in [1.165, 1.54) is 45.7 Å². The highest BCUT2D eigenvalue weighted by Crippen LogP contribution is 2.26. The van der Waals surface area contributed by atoms with Gasteiger partial charge in [-0.25, -0.2) is 28.8 Å². The summed E-state index contributed by atoms with van der Waals surface area (Å²) in [6.07, 6.45) is 5.25. The quantitative estimate of drug-likeness (QED) is 0.214. The number of thioether (sulfide) groups is 1. The second-order valence-corrected chi connectivity index (χ2v) is 8.56. The first-order chi connectivity index (χ1) is 16.0. The molecule has 33 heavy (non-hydrogen) atoms. The summed E-state index contributed by atoms with van der Waals surface area (Å²) in [6, 6.07) is 6.01. The fourth-order valence-corrected chi connectivity index (χ4v) is 4.58. The number of rotatable bonds is 6. The molecule has 0 aliphatic heterocycles. The molecule has 0 N–H and O–H groups in total. The number of imidazole rings is 1. The van der Waals surface area contributed by atoms with Gasteiger partial charge in [-0.15, -0.1) is 11.8 Å². The molecule has 12 heteroatoms. The number of aromatic nitrogens is 8. The average Bonchev–Trinajstić information content (AvgIpc) is 3.42. The summed E-state index contributed by atoms with van der Waals surface area (Å²) in [5, 5.41) is 5.90. The second-order valence-electron chi connectivity index (χ2n) is 7.48. The normalized spacial score (nSPS) is 11.6. The van der Waals surface area contributed by atoms with Crippen molar-refractivity contribution in [3.63, 3.8) is 0 Å². The predicted octanol–water partition coefficient (Wildman–Crippen LogP) is 1.88. The lowest BCUT2D eigenvalue weighted by Crippen LogP contribution is -2.39. The molecule has 0 aliphatic rings. The van der Waals surface area contributed by atoms with Crippen molar-refractivity contribution in [1.82, 2.24) is 38.4 Å². The zero-order valence-electron chi connectivity index (χ0n) is 17.8.